The molecule has 0 aliphatic rings. The molecule has 3 heterocycles. The van der Waals surface area contributed by atoms with E-state index in [9.17, 15) is 0 Å². The normalized spacial score (nSPS) is 11.1. The second kappa shape index (κ2) is 4.51. The van der Waals surface area contributed by atoms with Gasteiger partial charge in [-0.1, -0.05) is 6.07 Å². The summed E-state index contributed by atoms with van der Waals surface area (Å²) in [6.45, 7) is 4.27. The SMILES string of the molecule is Cc1cc(-c2nn(C)c(N)c2-c2cccs2)sc1C. The van der Waals surface area contributed by atoms with Gasteiger partial charge >= 0.3 is 0 Å². The Morgan fingerprint density at radius 2 is 2.05 bits per heavy atom. The lowest BCUT2D eigenvalue weighted by Gasteiger charge is -1.99. The van der Waals surface area contributed by atoms with Crippen molar-refractivity contribution in [1.29, 1.82) is 0 Å². The van der Waals surface area contributed by atoms with Crippen LogP contribution in [0.5, 0.6) is 0 Å². The number of aromatic nitrogens is 2. The van der Waals surface area contributed by atoms with Crippen LogP contribution in [0, 0.1) is 13.8 Å². The standard InChI is InChI=1S/C14H15N3S2/c1-8-7-11(19-9(8)2)13-12(10-5-4-6-18-10)14(15)17(3)16-13/h4-7H,15H2,1-3H3. The Morgan fingerprint density at radius 1 is 1.26 bits per heavy atom. The fourth-order valence-electron chi connectivity index (χ4n) is 2.06. The van der Waals surface area contributed by atoms with Crippen molar-refractivity contribution < 1.29 is 0 Å². The van der Waals surface area contributed by atoms with Crippen LogP contribution in [0.2, 0.25) is 0 Å². The quantitative estimate of drug-likeness (QED) is 0.772. The van der Waals surface area contributed by atoms with E-state index in [1.807, 2.05) is 13.1 Å². The third kappa shape index (κ3) is 1.99. The second-order valence-electron chi connectivity index (χ2n) is 4.56. The first kappa shape index (κ1) is 12.4. The number of thiophene rings is 2. The average Bonchev–Trinajstić information content (AvgIpc) is 3.04. The van der Waals surface area contributed by atoms with Crippen LogP contribution in [0.1, 0.15) is 10.4 Å². The van der Waals surface area contributed by atoms with E-state index in [0.717, 1.165) is 17.1 Å². The second-order valence-corrected chi connectivity index (χ2v) is 6.76. The average molecular weight is 289 g/mol. The zero-order valence-corrected chi connectivity index (χ0v) is 12.7. The topological polar surface area (TPSA) is 43.8 Å². The minimum Gasteiger partial charge on any atom is -0.383 e. The third-order valence-electron chi connectivity index (χ3n) is 3.26. The first-order valence-electron chi connectivity index (χ1n) is 6.01. The van der Waals surface area contributed by atoms with Gasteiger partial charge < -0.3 is 5.73 Å². The van der Waals surface area contributed by atoms with Gasteiger partial charge in [0.25, 0.3) is 0 Å². The molecule has 98 valence electrons. The summed E-state index contributed by atoms with van der Waals surface area (Å²) >= 11 is 3.47. The first-order chi connectivity index (χ1) is 9.08. The lowest BCUT2D eigenvalue weighted by Crippen LogP contribution is -1.97. The molecule has 0 saturated carbocycles. The fourth-order valence-corrected chi connectivity index (χ4v) is 3.87. The predicted octanol–water partition coefficient (Wildman–Crippen LogP) is 4.08. The monoisotopic (exact) mass is 289 g/mol. The zero-order valence-electron chi connectivity index (χ0n) is 11.1. The van der Waals surface area contributed by atoms with E-state index < -0.39 is 0 Å². The van der Waals surface area contributed by atoms with Gasteiger partial charge in [0, 0.05) is 16.8 Å². The van der Waals surface area contributed by atoms with Crippen molar-refractivity contribution in [3.63, 3.8) is 0 Å². The van der Waals surface area contributed by atoms with Gasteiger partial charge in [0.05, 0.1) is 10.4 Å². The van der Waals surface area contributed by atoms with Crippen LogP contribution in [0.4, 0.5) is 5.82 Å². The van der Waals surface area contributed by atoms with Crippen LogP contribution in [-0.2, 0) is 7.05 Å². The first-order valence-corrected chi connectivity index (χ1v) is 7.71. The zero-order chi connectivity index (χ0) is 13.6. The molecule has 3 rings (SSSR count). The van der Waals surface area contributed by atoms with Crippen LogP contribution in [-0.4, -0.2) is 9.78 Å². The molecule has 0 aromatic carbocycles. The molecule has 0 spiro atoms. The van der Waals surface area contributed by atoms with Crippen molar-refractivity contribution in [2.45, 2.75) is 13.8 Å². The van der Waals surface area contributed by atoms with Crippen molar-refractivity contribution in [2.75, 3.05) is 5.73 Å². The summed E-state index contributed by atoms with van der Waals surface area (Å²) in [5.74, 6) is 0.723. The molecule has 3 nitrogen and oxygen atoms in total. The van der Waals surface area contributed by atoms with Crippen LogP contribution < -0.4 is 5.73 Å². The lowest BCUT2D eigenvalue weighted by molar-refractivity contribution is 0.783. The number of anilines is 1. The maximum absolute atomic E-state index is 6.19. The van der Waals surface area contributed by atoms with E-state index in [-0.39, 0.29) is 0 Å². The summed E-state index contributed by atoms with van der Waals surface area (Å²) in [5.41, 5.74) is 9.54. The Bertz CT molecular complexity index is 701. The highest BCUT2D eigenvalue weighted by Gasteiger charge is 2.19. The van der Waals surface area contributed by atoms with Crippen LogP contribution in [0.15, 0.2) is 23.6 Å². The maximum atomic E-state index is 6.19. The minimum atomic E-state index is 0.723. The molecule has 0 bridgehead atoms. The summed E-state index contributed by atoms with van der Waals surface area (Å²) in [6, 6.07) is 6.33. The lowest BCUT2D eigenvalue weighted by atomic mass is 10.1. The molecule has 0 aliphatic heterocycles. The highest BCUT2D eigenvalue weighted by atomic mass is 32.1. The van der Waals surface area contributed by atoms with E-state index in [4.69, 9.17) is 5.73 Å². The Morgan fingerprint density at radius 3 is 2.63 bits per heavy atom. The van der Waals surface area contributed by atoms with Crippen molar-refractivity contribution in [2.24, 2.45) is 7.05 Å². The van der Waals surface area contributed by atoms with Crippen LogP contribution >= 0.6 is 22.7 Å². The van der Waals surface area contributed by atoms with Gasteiger partial charge in [-0.25, -0.2) is 0 Å². The summed E-state index contributed by atoms with van der Waals surface area (Å²) in [5, 5.41) is 6.67. The van der Waals surface area contributed by atoms with Crippen molar-refractivity contribution in [1.82, 2.24) is 9.78 Å². The van der Waals surface area contributed by atoms with Gasteiger partial charge in [0.1, 0.15) is 11.5 Å². The summed E-state index contributed by atoms with van der Waals surface area (Å²) < 4.78 is 1.76. The van der Waals surface area contributed by atoms with E-state index >= 15 is 0 Å². The molecule has 5 heteroatoms. The number of aryl methyl sites for hydroxylation is 3. The van der Waals surface area contributed by atoms with Gasteiger partial charge in [0.2, 0.25) is 0 Å². The van der Waals surface area contributed by atoms with Gasteiger partial charge in [-0.15, -0.1) is 22.7 Å². The third-order valence-corrected chi connectivity index (χ3v) is 5.31. The maximum Gasteiger partial charge on any atom is 0.130 e. The molecular weight excluding hydrogens is 274 g/mol. The number of nitrogens with zero attached hydrogens (tertiary/aromatic N) is 2. The Balaban J connectivity index is 2.24. The number of nitrogens with two attached hydrogens (primary N) is 1. The molecule has 0 amide bonds. The van der Waals surface area contributed by atoms with Crippen molar-refractivity contribution in [3.05, 3.63) is 34.0 Å². The molecule has 0 atom stereocenters. The minimum absolute atomic E-state index is 0.723. The Labute approximate surface area is 120 Å². The van der Waals surface area contributed by atoms with Crippen LogP contribution in [0.25, 0.3) is 21.0 Å². The molecule has 3 aromatic rings. The Kier molecular flexibility index (Phi) is 2.95. The molecule has 0 radical (unpaired) electrons. The molecule has 0 aliphatic carbocycles. The molecule has 19 heavy (non-hydrogen) atoms. The number of rotatable bonds is 2. The molecular formula is C14H15N3S2. The summed E-state index contributed by atoms with van der Waals surface area (Å²) in [4.78, 5) is 3.69. The van der Waals surface area contributed by atoms with Crippen molar-refractivity contribution in [3.8, 4) is 21.0 Å². The van der Waals surface area contributed by atoms with Crippen molar-refractivity contribution >= 4 is 28.5 Å². The van der Waals surface area contributed by atoms with Gasteiger partial charge in [0.15, 0.2) is 0 Å². The fraction of sp³-hybridized carbons (Fsp3) is 0.214. The number of nitrogen functional groups attached to an aromatic ring is 1. The smallest absolute Gasteiger partial charge is 0.130 e. The molecule has 0 fully saturated rings. The van der Waals surface area contributed by atoms with E-state index in [1.165, 1.54) is 20.2 Å². The molecule has 2 N–H and O–H groups in total. The highest BCUT2D eigenvalue weighted by molar-refractivity contribution is 7.16. The summed E-state index contributed by atoms with van der Waals surface area (Å²) in [6.07, 6.45) is 0. The van der Waals surface area contributed by atoms with E-state index in [0.29, 0.717) is 0 Å². The van der Waals surface area contributed by atoms with Gasteiger partial charge in [-0.05, 0) is 36.9 Å². The number of hydrogen-bond donors (Lipinski definition) is 1. The highest BCUT2D eigenvalue weighted by Crippen LogP contribution is 2.41. The largest absolute Gasteiger partial charge is 0.383 e. The van der Waals surface area contributed by atoms with Gasteiger partial charge in [-0.2, -0.15) is 5.10 Å². The Hall–Kier alpha value is -1.59. The summed E-state index contributed by atoms with van der Waals surface area (Å²) in [7, 11) is 1.89. The predicted molar refractivity (Wildman–Crippen MR) is 83.7 cm³/mol. The van der Waals surface area contributed by atoms with E-state index in [1.54, 1.807) is 27.4 Å². The van der Waals surface area contributed by atoms with E-state index in [2.05, 4.69) is 36.5 Å². The van der Waals surface area contributed by atoms with Crippen LogP contribution in [0.3, 0.4) is 0 Å². The number of hydrogen-bond acceptors (Lipinski definition) is 4. The van der Waals surface area contributed by atoms with Gasteiger partial charge in [-0.3, -0.25) is 4.68 Å². The molecule has 0 unspecified atom stereocenters. The molecule has 3 aromatic heterocycles. The molecule has 0 saturated heterocycles.